The molecule has 170 valence electrons. The van der Waals surface area contributed by atoms with E-state index in [4.69, 9.17) is 9.47 Å². The molecular weight excluding hydrogens is 403 g/mol. The minimum atomic E-state index is -1.98. The van der Waals surface area contributed by atoms with Crippen LogP contribution in [0.25, 0.3) is 0 Å². The number of ether oxygens (including phenoxy) is 2. The lowest BCUT2D eigenvalue weighted by Crippen LogP contribution is -2.70. The van der Waals surface area contributed by atoms with E-state index in [0.29, 0.717) is 19.3 Å². The molecule has 0 aromatic carbocycles. The van der Waals surface area contributed by atoms with Crippen molar-refractivity contribution in [3.05, 3.63) is 23.8 Å². The summed E-state index contributed by atoms with van der Waals surface area (Å²) in [4.78, 5) is 25.1. The van der Waals surface area contributed by atoms with Gasteiger partial charge in [0.2, 0.25) is 0 Å². The van der Waals surface area contributed by atoms with Crippen molar-refractivity contribution in [2.24, 2.45) is 22.7 Å². The van der Waals surface area contributed by atoms with E-state index < -0.39 is 58.4 Å². The zero-order valence-corrected chi connectivity index (χ0v) is 18.5. The molecule has 6 unspecified atom stereocenters. The number of allylic oxidation sites excluding steroid dienone is 4. The molecule has 5 aliphatic rings. The number of fused-ring (bicyclic) bond motifs is 7. The number of aliphatic hydroxyl groups excluding tert-OH is 2. The molecule has 0 amide bonds. The first-order chi connectivity index (χ1) is 14.4. The number of carbonyl (C=O) groups is 2. The molecule has 6 nitrogen and oxygen atoms in total. The minimum absolute atomic E-state index is 0.0109. The van der Waals surface area contributed by atoms with Crippen LogP contribution >= 0.6 is 0 Å². The van der Waals surface area contributed by atoms with Crippen molar-refractivity contribution in [1.82, 2.24) is 0 Å². The lowest BCUT2D eigenvalue weighted by Gasteiger charge is -2.62. The maximum atomic E-state index is 17.1. The Kier molecular flexibility index (Phi) is 4.24. The first kappa shape index (κ1) is 21.4. The first-order valence-electron chi connectivity index (χ1n) is 11.2. The van der Waals surface area contributed by atoms with Crippen molar-refractivity contribution in [3.8, 4) is 0 Å². The van der Waals surface area contributed by atoms with E-state index in [-0.39, 0.29) is 18.1 Å². The third-order valence-corrected chi connectivity index (χ3v) is 9.19. The molecular formula is C24H31FO6. The third-order valence-electron chi connectivity index (χ3n) is 9.19. The van der Waals surface area contributed by atoms with E-state index >= 15 is 4.39 Å². The van der Waals surface area contributed by atoms with Crippen LogP contribution in [0.1, 0.15) is 53.4 Å². The summed E-state index contributed by atoms with van der Waals surface area (Å²) in [6, 6.07) is 0. The van der Waals surface area contributed by atoms with E-state index in [2.05, 4.69) is 0 Å². The van der Waals surface area contributed by atoms with Gasteiger partial charge >= 0.3 is 0 Å². The SMILES string of the molecule is CC1(C)O[C@@H]2CC3C4CCC5=CC(=O)C=CC5(C)C4(F)C(O)CC3(C)[C@]2(C(=O)CO)O1. The van der Waals surface area contributed by atoms with Crippen molar-refractivity contribution in [2.75, 3.05) is 6.61 Å². The number of rotatable bonds is 2. The largest absolute Gasteiger partial charge is 0.390 e. The molecule has 2 N–H and O–H groups in total. The molecule has 4 fully saturated rings. The maximum absolute atomic E-state index is 17.1. The van der Waals surface area contributed by atoms with Crippen LogP contribution in [0.15, 0.2) is 23.8 Å². The number of aliphatic hydroxyl groups is 2. The average molecular weight is 435 g/mol. The van der Waals surface area contributed by atoms with Gasteiger partial charge in [0, 0.05) is 16.7 Å². The smallest absolute Gasteiger partial charge is 0.193 e. The highest BCUT2D eigenvalue weighted by Gasteiger charge is 2.79. The molecule has 0 aromatic rings. The summed E-state index contributed by atoms with van der Waals surface area (Å²) < 4.78 is 29.5. The fraction of sp³-hybridized carbons (Fsp3) is 0.750. The minimum Gasteiger partial charge on any atom is -0.390 e. The molecule has 4 aliphatic carbocycles. The van der Waals surface area contributed by atoms with Gasteiger partial charge in [0.1, 0.15) is 6.61 Å². The van der Waals surface area contributed by atoms with Gasteiger partial charge in [0.25, 0.3) is 0 Å². The monoisotopic (exact) mass is 434 g/mol. The van der Waals surface area contributed by atoms with Crippen molar-refractivity contribution >= 4 is 11.6 Å². The lowest BCUT2D eigenvalue weighted by molar-refractivity contribution is -0.246. The van der Waals surface area contributed by atoms with Crippen LogP contribution in [-0.4, -0.2) is 57.7 Å². The van der Waals surface area contributed by atoms with Crippen LogP contribution in [0.2, 0.25) is 0 Å². The van der Waals surface area contributed by atoms with Crippen LogP contribution in [0, 0.1) is 22.7 Å². The van der Waals surface area contributed by atoms with Gasteiger partial charge in [-0.15, -0.1) is 0 Å². The first-order valence-corrected chi connectivity index (χ1v) is 11.2. The molecule has 31 heavy (non-hydrogen) atoms. The van der Waals surface area contributed by atoms with Crippen LogP contribution in [0.4, 0.5) is 4.39 Å². The number of alkyl halides is 1. The predicted octanol–water partition coefficient (Wildman–Crippen LogP) is 2.42. The summed E-state index contributed by atoms with van der Waals surface area (Å²) in [5, 5.41) is 21.2. The van der Waals surface area contributed by atoms with Crippen molar-refractivity contribution in [1.29, 1.82) is 0 Å². The Hall–Kier alpha value is -1.41. The summed E-state index contributed by atoms with van der Waals surface area (Å²) in [5.74, 6) is -2.46. The molecule has 8 atom stereocenters. The highest BCUT2D eigenvalue weighted by Crippen LogP contribution is 2.72. The Morgan fingerprint density at radius 2 is 1.97 bits per heavy atom. The van der Waals surface area contributed by atoms with E-state index in [1.165, 1.54) is 12.2 Å². The standard InChI is InChI=1S/C24H31FO6/c1-20(2)30-19-10-16-15-6-5-13-9-14(27)7-8-21(13,3)23(15,25)17(28)11-22(16,4)24(19,31-20)18(29)12-26/h7-9,15-17,19,26,28H,5-6,10-12H2,1-4H3/t15?,16?,17?,19-,21?,22?,23?,24-/m1/s1. The van der Waals surface area contributed by atoms with Crippen LogP contribution < -0.4 is 0 Å². The average Bonchev–Trinajstić information content (AvgIpc) is 3.09. The summed E-state index contributed by atoms with van der Waals surface area (Å²) in [7, 11) is 0. The Morgan fingerprint density at radius 1 is 1.26 bits per heavy atom. The van der Waals surface area contributed by atoms with Gasteiger partial charge in [-0.25, -0.2) is 4.39 Å². The second-order valence-corrected chi connectivity index (χ2v) is 10.9. The summed E-state index contributed by atoms with van der Waals surface area (Å²) in [6.45, 7) is 6.41. The third kappa shape index (κ3) is 2.31. The Bertz CT molecular complexity index is 925. The number of carbonyl (C=O) groups excluding carboxylic acids is 2. The second kappa shape index (κ2) is 6.13. The van der Waals surface area contributed by atoms with Crippen LogP contribution in [0.3, 0.4) is 0 Å². The van der Waals surface area contributed by atoms with Gasteiger partial charge in [-0.2, -0.15) is 0 Å². The summed E-state index contributed by atoms with van der Waals surface area (Å²) in [5.41, 5.74) is -4.66. The molecule has 1 heterocycles. The fourth-order valence-corrected chi connectivity index (χ4v) is 7.93. The summed E-state index contributed by atoms with van der Waals surface area (Å²) in [6.07, 6.45) is 4.00. The van der Waals surface area contributed by atoms with E-state index in [1.807, 2.05) is 6.92 Å². The van der Waals surface area contributed by atoms with Gasteiger partial charge in [0.15, 0.2) is 28.6 Å². The topological polar surface area (TPSA) is 93.1 Å². The molecule has 0 aromatic heterocycles. The quantitative estimate of drug-likeness (QED) is 0.694. The van der Waals surface area contributed by atoms with Gasteiger partial charge in [-0.05, 0) is 64.5 Å². The zero-order valence-electron chi connectivity index (χ0n) is 18.5. The van der Waals surface area contributed by atoms with E-state index in [1.54, 1.807) is 26.8 Å². The molecule has 0 bridgehead atoms. The molecule has 5 rings (SSSR count). The predicted molar refractivity (Wildman–Crippen MR) is 109 cm³/mol. The summed E-state index contributed by atoms with van der Waals surface area (Å²) >= 11 is 0. The number of Topliss-reactive ketones (excluding diaryl/α,β-unsaturated/α-hetero) is 1. The van der Waals surface area contributed by atoms with Crippen molar-refractivity contribution in [2.45, 2.75) is 82.6 Å². The normalized spacial score (nSPS) is 52.1. The Balaban J connectivity index is 1.64. The molecule has 7 heteroatoms. The van der Waals surface area contributed by atoms with Crippen LogP contribution in [0.5, 0.6) is 0 Å². The number of hydrogen-bond donors (Lipinski definition) is 2. The highest BCUT2D eigenvalue weighted by atomic mass is 19.1. The molecule has 1 aliphatic heterocycles. The van der Waals surface area contributed by atoms with Gasteiger partial charge in [-0.1, -0.05) is 18.6 Å². The molecule has 0 radical (unpaired) electrons. The van der Waals surface area contributed by atoms with Crippen LogP contribution in [-0.2, 0) is 19.1 Å². The second-order valence-electron chi connectivity index (χ2n) is 10.9. The molecule has 0 spiro atoms. The number of hydrogen-bond acceptors (Lipinski definition) is 6. The van der Waals surface area contributed by atoms with Gasteiger partial charge in [-0.3, -0.25) is 9.59 Å². The maximum Gasteiger partial charge on any atom is 0.193 e. The van der Waals surface area contributed by atoms with Crippen molar-refractivity contribution < 1.29 is 33.7 Å². The zero-order chi connectivity index (χ0) is 22.6. The highest BCUT2D eigenvalue weighted by molar-refractivity contribution is 6.01. The van der Waals surface area contributed by atoms with Crippen molar-refractivity contribution in [3.63, 3.8) is 0 Å². The molecule has 3 saturated carbocycles. The van der Waals surface area contributed by atoms with Gasteiger partial charge < -0.3 is 19.7 Å². The Labute approximate surface area is 181 Å². The van der Waals surface area contributed by atoms with E-state index in [0.717, 1.165) is 5.57 Å². The fourth-order valence-electron chi connectivity index (χ4n) is 7.93. The Morgan fingerprint density at radius 3 is 2.65 bits per heavy atom. The van der Waals surface area contributed by atoms with E-state index in [9.17, 15) is 19.8 Å². The number of ketones is 2. The van der Waals surface area contributed by atoms with Gasteiger partial charge in [0.05, 0.1) is 12.2 Å². The number of halogens is 1. The molecule has 1 saturated heterocycles. The lowest BCUT2D eigenvalue weighted by atomic mass is 9.44.